The lowest BCUT2D eigenvalue weighted by Crippen LogP contribution is -2.37. The lowest BCUT2D eigenvalue weighted by molar-refractivity contribution is -0.115. The lowest BCUT2D eigenvalue weighted by atomic mass is 9.82. The highest BCUT2D eigenvalue weighted by atomic mass is 32.2. The first-order valence-electron chi connectivity index (χ1n) is 5.96. The first-order valence-corrected chi connectivity index (χ1v) is 6.78. The predicted molar refractivity (Wildman–Crippen MR) is 76.2 cm³/mol. The molecule has 0 saturated carbocycles. The monoisotopic (exact) mass is 264 g/mol. The SMILES string of the molecule is CC(=O)c1ccccc1SC(C)(C)C(C)(C)C=O. The minimum Gasteiger partial charge on any atom is -0.303 e. The summed E-state index contributed by atoms with van der Waals surface area (Å²) in [4.78, 5) is 23.7. The molecule has 0 heterocycles. The van der Waals surface area contributed by atoms with Crippen LogP contribution in [0.4, 0.5) is 0 Å². The molecule has 0 saturated heterocycles. The van der Waals surface area contributed by atoms with Crippen LogP contribution in [-0.4, -0.2) is 16.8 Å². The molecule has 98 valence electrons. The van der Waals surface area contributed by atoms with Crippen LogP contribution in [0.15, 0.2) is 29.2 Å². The number of carbonyl (C=O) groups excluding carboxylic acids is 2. The summed E-state index contributed by atoms with van der Waals surface area (Å²) in [5.74, 6) is 0.0535. The molecule has 0 atom stereocenters. The van der Waals surface area contributed by atoms with Gasteiger partial charge in [0, 0.05) is 20.6 Å². The average molecular weight is 264 g/mol. The van der Waals surface area contributed by atoms with E-state index in [2.05, 4.69) is 0 Å². The van der Waals surface area contributed by atoms with E-state index in [0.717, 1.165) is 16.7 Å². The van der Waals surface area contributed by atoms with Crippen molar-refractivity contribution in [1.29, 1.82) is 0 Å². The van der Waals surface area contributed by atoms with Gasteiger partial charge in [0.25, 0.3) is 0 Å². The standard InChI is InChI=1S/C15H20O2S/c1-11(17)12-8-6-7-9-13(12)18-15(4,5)14(2,3)10-16/h6-10H,1-5H3. The van der Waals surface area contributed by atoms with Crippen molar-refractivity contribution in [1.82, 2.24) is 0 Å². The van der Waals surface area contributed by atoms with Gasteiger partial charge >= 0.3 is 0 Å². The van der Waals surface area contributed by atoms with Crippen LogP contribution in [0.2, 0.25) is 0 Å². The highest BCUT2D eigenvalue weighted by molar-refractivity contribution is 8.00. The molecule has 0 unspecified atom stereocenters. The van der Waals surface area contributed by atoms with Gasteiger partial charge in [-0.1, -0.05) is 32.0 Å². The fraction of sp³-hybridized carbons (Fsp3) is 0.467. The van der Waals surface area contributed by atoms with Gasteiger partial charge in [0.1, 0.15) is 6.29 Å². The fourth-order valence-electron chi connectivity index (χ4n) is 1.39. The molecular weight excluding hydrogens is 244 g/mol. The van der Waals surface area contributed by atoms with Crippen molar-refractivity contribution in [3.8, 4) is 0 Å². The Balaban J connectivity index is 3.12. The highest BCUT2D eigenvalue weighted by Gasteiger charge is 2.38. The van der Waals surface area contributed by atoms with E-state index in [9.17, 15) is 9.59 Å². The molecule has 0 aromatic heterocycles. The Morgan fingerprint density at radius 3 is 2.22 bits per heavy atom. The van der Waals surface area contributed by atoms with Gasteiger partial charge in [-0.3, -0.25) is 4.79 Å². The maximum atomic E-state index is 11.6. The van der Waals surface area contributed by atoms with Crippen LogP contribution in [0.3, 0.4) is 0 Å². The Morgan fingerprint density at radius 2 is 1.72 bits per heavy atom. The largest absolute Gasteiger partial charge is 0.303 e. The number of ketones is 1. The Bertz CT molecular complexity index is 461. The maximum Gasteiger partial charge on any atom is 0.160 e. The second-order valence-electron chi connectivity index (χ2n) is 5.50. The number of rotatable bonds is 5. The van der Waals surface area contributed by atoms with Crippen LogP contribution in [-0.2, 0) is 4.79 Å². The third-order valence-electron chi connectivity index (χ3n) is 3.48. The van der Waals surface area contributed by atoms with Gasteiger partial charge in [0.2, 0.25) is 0 Å². The zero-order valence-corrected chi connectivity index (χ0v) is 12.4. The molecule has 0 bridgehead atoms. The molecule has 0 N–H and O–H groups in total. The molecule has 3 heteroatoms. The van der Waals surface area contributed by atoms with Crippen LogP contribution in [0.1, 0.15) is 45.0 Å². The third-order valence-corrected chi connectivity index (χ3v) is 5.09. The van der Waals surface area contributed by atoms with E-state index in [1.807, 2.05) is 52.0 Å². The van der Waals surface area contributed by atoms with Crippen molar-refractivity contribution >= 4 is 23.8 Å². The molecule has 0 radical (unpaired) electrons. The molecule has 1 aromatic rings. The summed E-state index contributed by atoms with van der Waals surface area (Å²) in [5.41, 5.74) is 0.263. The van der Waals surface area contributed by atoms with Crippen molar-refractivity contribution in [2.75, 3.05) is 0 Å². The average Bonchev–Trinajstić information content (AvgIpc) is 2.28. The maximum absolute atomic E-state index is 11.6. The summed E-state index contributed by atoms with van der Waals surface area (Å²) in [6.45, 7) is 9.47. The summed E-state index contributed by atoms with van der Waals surface area (Å²) in [6.07, 6.45) is 0.983. The summed E-state index contributed by atoms with van der Waals surface area (Å²) in [6, 6.07) is 7.54. The van der Waals surface area contributed by atoms with E-state index >= 15 is 0 Å². The first-order chi connectivity index (χ1) is 8.21. The van der Waals surface area contributed by atoms with Crippen molar-refractivity contribution in [3.05, 3.63) is 29.8 Å². The van der Waals surface area contributed by atoms with Crippen molar-refractivity contribution < 1.29 is 9.59 Å². The van der Waals surface area contributed by atoms with E-state index in [1.165, 1.54) is 0 Å². The van der Waals surface area contributed by atoms with Crippen LogP contribution < -0.4 is 0 Å². The summed E-state index contributed by atoms with van der Waals surface area (Å²) >= 11 is 1.58. The number of aldehydes is 1. The topological polar surface area (TPSA) is 34.1 Å². The minimum atomic E-state index is -0.457. The number of benzene rings is 1. The molecule has 0 aliphatic heterocycles. The quantitative estimate of drug-likeness (QED) is 0.458. The zero-order valence-electron chi connectivity index (χ0n) is 11.6. The molecule has 0 aliphatic carbocycles. The first kappa shape index (κ1) is 15.0. The van der Waals surface area contributed by atoms with E-state index in [1.54, 1.807) is 18.7 Å². The summed E-state index contributed by atoms with van der Waals surface area (Å²) < 4.78 is -0.277. The van der Waals surface area contributed by atoms with Crippen LogP contribution in [0, 0.1) is 5.41 Å². The molecule has 0 amide bonds. The molecule has 1 aromatic carbocycles. The Kier molecular flexibility index (Phi) is 4.38. The Labute approximate surface area is 113 Å². The number of Topliss-reactive ketones (excluding diaryl/α,β-unsaturated/α-hetero) is 1. The molecule has 18 heavy (non-hydrogen) atoms. The minimum absolute atomic E-state index is 0.0535. The van der Waals surface area contributed by atoms with Crippen molar-refractivity contribution in [2.45, 2.75) is 44.3 Å². The molecule has 1 rings (SSSR count). The third kappa shape index (κ3) is 3.02. The lowest BCUT2D eigenvalue weighted by Gasteiger charge is -2.37. The highest BCUT2D eigenvalue weighted by Crippen LogP contribution is 2.45. The van der Waals surface area contributed by atoms with Crippen LogP contribution >= 0.6 is 11.8 Å². The summed E-state index contributed by atoms with van der Waals surface area (Å²) in [5, 5.41) is 0. The zero-order chi connectivity index (χ0) is 14.0. The van der Waals surface area contributed by atoms with Crippen molar-refractivity contribution in [2.24, 2.45) is 5.41 Å². The molecule has 0 aliphatic rings. The molecule has 0 fully saturated rings. The van der Waals surface area contributed by atoms with Crippen LogP contribution in [0.5, 0.6) is 0 Å². The van der Waals surface area contributed by atoms with E-state index < -0.39 is 5.41 Å². The van der Waals surface area contributed by atoms with Gasteiger partial charge in [-0.25, -0.2) is 0 Å². The number of hydrogen-bond donors (Lipinski definition) is 0. The second kappa shape index (κ2) is 5.27. The van der Waals surface area contributed by atoms with Crippen molar-refractivity contribution in [3.63, 3.8) is 0 Å². The van der Waals surface area contributed by atoms with E-state index in [0.29, 0.717) is 0 Å². The number of carbonyl (C=O) groups is 2. The number of hydrogen-bond acceptors (Lipinski definition) is 3. The summed E-state index contributed by atoms with van der Waals surface area (Å²) in [7, 11) is 0. The normalized spacial score (nSPS) is 12.3. The Morgan fingerprint density at radius 1 is 1.17 bits per heavy atom. The molecule has 2 nitrogen and oxygen atoms in total. The van der Waals surface area contributed by atoms with Gasteiger partial charge in [0.15, 0.2) is 5.78 Å². The predicted octanol–water partition coefficient (Wildman–Crippen LogP) is 3.99. The van der Waals surface area contributed by atoms with Gasteiger partial charge in [-0.2, -0.15) is 0 Å². The van der Waals surface area contributed by atoms with Gasteiger partial charge in [-0.15, -0.1) is 11.8 Å². The van der Waals surface area contributed by atoms with Crippen LogP contribution in [0.25, 0.3) is 0 Å². The van der Waals surface area contributed by atoms with Gasteiger partial charge in [0.05, 0.1) is 0 Å². The Hall–Kier alpha value is -1.09. The molecular formula is C15H20O2S. The van der Waals surface area contributed by atoms with E-state index in [-0.39, 0.29) is 10.5 Å². The molecule has 0 spiro atoms. The number of thioether (sulfide) groups is 1. The van der Waals surface area contributed by atoms with Gasteiger partial charge < -0.3 is 4.79 Å². The smallest absolute Gasteiger partial charge is 0.160 e. The second-order valence-corrected chi connectivity index (χ2v) is 7.17. The fourth-order valence-corrected chi connectivity index (χ4v) is 2.72. The van der Waals surface area contributed by atoms with Gasteiger partial charge in [-0.05, 0) is 26.8 Å². The van der Waals surface area contributed by atoms with E-state index in [4.69, 9.17) is 0 Å².